The Kier molecular flexibility index (Phi) is 4.27. The monoisotopic (exact) mass is 441 g/mol. The minimum atomic E-state index is -0.680. The highest BCUT2D eigenvalue weighted by molar-refractivity contribution is 7.22. The Hall–Kier alpha value is -3.36. The van der Waals surface area contributed by atoms with Gasteiger partial charge < -0.3 is 4.98 Å². The molecule has 0 radical (unpaired) electrons. The van der Waals surface area contributed by atoms with Crippen LogP contribution in [0.1, 0.15) is 0 Å². The minimum absolute atomic E-state index is 0.176. The summed E-state index contributed by atoms with van der Waals surface area (Å²) in [6.07, 6.45) is 2.87. The number of pyridine rings is 1. The molecule has 2 aromatic carbocycles. The lowest BCUT2D eigenvalue weighted by Gasteiger charge is -2.08. The van der Waals surface area contributed by atoms with E-state index in [0.717, 1.165) is 15.9 Å². The Balaban J connectivity index is 1.79. The molecule has 0 amide bonds. The van der Waals surface area contributed by atoms with Crippen LogP contribution in [0.3, 0.4) is 0 Å². The van der Waals surface area contributed by atoms with Crippen LogP contribution in [-0.2, 0) is 0 Å². The van der Waals surface area contributed by atoms with Crippen LogP contribution in [0.15, 0.2) is 64.4 Å². The molecule has 0 aliphatic rings. The molecule has 0 saturated carbocycles. The van der Waals surface area contributed by atoms with Gasteiger partial charge in [0, 0.05) is 27.4 Å². The summed E-state index contributed by atoms with van der Waals surface area (Å²) in [7, 11) is 0. The lowest BCUT2D eigenvalue weighted by atomic mass is 10.1. The summed E-state index contributed by atoms with van der Waals surface area (Å²) in [5.74, 6) is -0.971. The lowest BCUT2D eigenvalue weighted by molar-refractivity contribution is 0.628. The highest BCUT2D eigenvalue weighted by Crippen LogP contribution is 2.35. The molecule has 3 aromatic heterocycles. The Morgan fingerprint density at radius 1 is 1.00 bits per heavy atom. The molecule has 1 N–H and O–H groups in total. The number of thiophene rings is 1. The average molecular weight is 442 g/mol. The average Bonchev–Trinajstić information content (AvgIpc) is 3.12. The zero-order valence-corrected chi connectivity index (χ0v) is 16.5. The normalized spacial score (nSPS) is 11.4. The van der Waals surface area contributed by atoms with Gasteiger partial charge >= 0.3 is 5.69 Å². The first-order valence-corrected chi connectivity index (χ1v) is 9.90. The predicted molar refractivity (Wildman–Crippen MR) is 114 cm³/mol. The van der Waals surface area contributed by atoms with Gasteiger partial charge in [0.2, 0.25) is 0 Å². The first kappa shape index (κ1) is 18.7. The largest absolute Gasteiger partial charge is 0.333 e. The number of rotatable bonds is 2. The number of halogens is 3. The molecule has 0 aliphatic carbocycles. The van der Waals surface area contributed by atoms with Crippen LogP contribution in [0.4, 0.5) is 8.78 Å². The van der Waals surface area contributed by atoms with Gasteiger partial charge in [0.1, 0.15) is 16.3 Å². The fraction of sp³-hybridized carbons (Fsp3) is 0. The highest BCUT2D eigenvalue weighted by atomic mass is 35.5. The molecular weight excluding hydrogens is 432 g/mol. The predicted octanol–water partition coefficient (Wildman–Crippen LogP) is 4.89. The van der Waals surface area contributed by atoms with Gasteiger partial charge in [-0.1, -0.05) is 11.6 Å². The SMILES string of the molecule is O=c1[nH]c2cc(-c3ccc(F)cc3Cl)sc2c(=O)n1-c1cncc2ccc(F)cc12. The van der Waals surface area contributed by atoms with Crippen molar-refractivity contribution < 1.29 is 8.78 Å². The van der Waals surface area contributed by atoms with Gasteiger partial charge in [-0.15, -0.1) is 11.3 Å². The van der Waals surface area contributed by atoms with Gasteiger partial charge in [-0.05, 0) is 42.5 Å². The summed E-state index contributed by atoms with van der Waals surface area (Å²) in [6.45, 7) is 0. The highest BCUT2D eigenvalue weighted by Gasteiger charge is 2.17. The maximum Gasteiger partial charge on any atom is 0.333 e. The number of hydrogen-bond donors (Lipinski definition) is 1. The van der Waals surface area contributed by atoms with Gasteiger partial charge in [0.15, 0.2) is 0 Å². The van der Waals surface area contributed by atoms with Crippen molar-refractivity contribution in [2.75, 3.05) is 0 Å². The van der Waals surface area contributed by atoms with Crippen molar-refractivity contribution in [1.82, 2.24) is 14.5 Å². The number of nitrogens with zero attached hydrogens (tertiary/aromatic N) is 2. The molecule has 0 aliphatic heterocycles. The van der Waals surface area contributed by atoms with Crippen molar-refractivity contribution in [3.63, 3.8) is 0 Å². The molecule has 148 valence electrons. The third-order valence-corrected chi connectivity index (χ3v) is 6.18. The molecule has 5 nitrogen and oxygen atoms in total. The molecule has 5 aromatic rings. The molecule has 30 heavy (non-hydrogen) atoms. The summed E-state index contributed by atoms with van der Waals surface area (Å²) in [5, 5.41) is 1.17. The fourth-order valence-corrected chi connectivity index (χ4v) is 4.76. The maximum absolute atomic E-state index is 13.8. The smallest absolute Gasteiger partial charge is 0.306 e. The zero-order valence-electron chi connectivity index (χ0n) is 14.9. The fourth-order valence-electron chi connectivity index (χ4n) is 3.35. The van der Waals surface area contributed by atoms with E-state index in [1.54, 1.807) is 6.07 Å². The number of H-pyrrole nitrogens is 1. The van der Waals surface area contributed by atoms with Crippen LogP contribution in [0.2, 0.25) is 5.02 Å². The Labute approximate surface area is 175 Å². The molecule has 3 heterocycles. The van der Waals surface area contributed by atoms with E-state index in [-0.39, 0.29) is 15.4 Å². The zero-order chi connectivity index (χ0) is 21.0. The number of aromatic nitrogens is 3. The van der Waals surface area contributed by atoms with Crippen LogP contribution < -0.4 is 11.2 Å². The van der Waals surface area contributed by atoms with Gasteiger partial charge in [0.05, 0.1) is 22.4 Å². The van der Waals surface area contributed by atoms with Crippen LogP contribution in [0.25, 0.3) is 37.1 Å². The topological polar surface area (TPSA) is 67.8 Å². The molecule has 5 rings (SSSR count). The van der Waals surface area contributed by atoms with Gasteiger partial charge in [0.25, 0.3) is 5.56 Å². The van der Waals surface area contributed by atoms with Gasteiger partial charge in [-0.2, -0.15) is 0 Å². The Morgan fingerprint density at radius 2 is 1.77 bits per heavy atom. The molecule has 9 heteroatoms. The molecular formula is C21H10ClF2N3O2S. The van der Waals surface area contributed by atoms with Crippen molar-refractivity contribution in [2.45, 2.75) is 0 Å². The summed E-state index contributed by atoms with van der Waals surface area (Å²) in [6, 6.07) is 9.63. The van der Waals surface area contributed by atoms with E-state index in [0.29, 0.717) is 26.7 Å². The number of benzene rings is 2. The number of fused-ring (bicyclic) bond motifs is 2. The molecule has 0 spiro atoms. The molecule has 0 unspecified atom stereocenters. The van der Waals surface area contributed by atoms with E-state index in [1.165, 1.54) is 48.8 Å². The lowest BCUT2D eigenvalue weighted by Crippen LogP contribution is -2.33. The molecule has 0 saturated heterocycles. The van der Waals surface area contributed by atoms with Crippen molar-refractivity contribution >= 4 is 43.9 Å². The Bertz CT molecular complexity index is 1590. The third kappa shape index (κ3) is 2.92. The summed E-state index contributed by atoms with van der Waals surface area (Å²) < 4.78 is 28.4. The van der Waals surface area contributed by atoms with Crippen molar-refractivity contribution in [1.29, 1.82) is 0 Å². The van der Waals surface area contributed by atoms with E-state index in [4.69, 9.17) is 11.6 Å². The van der Waals surface area contributed by atoms with Crippen LogP contribution in [0, 0.1) is 11.6 Å². The first-order chi connectivity index (χ1) is 14.4. The Morgan fingerprint density at radius 3 is 2.57 bits per heavy atom. The van der Waals surface area contributed by atoms with Crippen molar-refractivity contribution in [2.24, 2.45) is 0 Å². The maximum atomic E-state index is 13.8. The van der Waals surface area contributed by atoms with E-state index in [2.05, 4.69) is 9.97 Å². The van der Waals surface area contributed by atoms with Crippen molar-refractivity contribution in [3.8, 4) is 16.1 Å². The summed E-state index contributed by atoms with van der Waals surface area (Å²) in [5.41, 5.74) is -0.196. The second kappa shape index (κ2) is 6.86. The quantitative estimate of drug-likeness (QED) is 0.424. The standard InChI is InChI=1S/C21H10ClF2N3O2S/c22-15-6-12(24)3-4-13(15)18-7-16-19(30-18)20(28)27(21(29)26-16)17-9-25-8-10-1-2-11(23)5-14(10)17/h1-9H,(H,26,29). The third-order valence-electron chi connectivity index (χ3n) is 4.71. The summed E-state index contributed by atoms with van der Waals surface area (Å²) >= 11 is 7.26. The van der Waals surface area contributed by atoms with E-state index >= 15 is 0 Å². The molecule has 0 bridgehead atoms. The number of nitrogens with one attached hydrogen (secondary N) is 1. The summed E-state index contributed by atoms with van der Waals surface area (Å²) in [4.78, 5) is 33.3. The molecule has 0 atom stereocenters. The van der Waals surface area contributed by atoms with E-state index in [9.17, 15) is 18.4 Å². The first-order valence-electron chi connectivity index (χ1n) is 8.70. The number of hydrogen-bond acceptors (Lipinski definition) is 4. The van der Waals surface area contributed by atoms with Gasteiger partial charge in [-0.3, -0.25) is 9.78 Å². The van der Waals surface area contributed by atoms with Gasteiger partial charge in [-0.25, -0.2) is 18.1 Å². The second-order valence-corrected chi connectivity index (χ2v) is 8.03. The van der Waals surface area contributed by atoms with Crippen LogP contribution in [-0.4, -0.2) is 14.5 Å². The van der Waals surface area contributed by atoms with Crippen molar-refractivity contribution in [3.05, 3.63) is 92.4 Å². The van der Waals surface area contributed by atoms with E-state index in [1.807, 2.05) is 0 Å². The number of aromatic amines is 1. The van der Waals surface area contributed by atoms with E-state index < -0.39 is 22.9 Å². The minimum Gasteiger partial charge on any atom is -0.306 e. The second-order valence-electron chi connectivity index (χ2n) is 6.57. The van der Waals surface area contributed by atoms with Crippen LogP contribution in [0.5, 0.6) is 0 Å². The van der Waals surface area contributed by atoms with Crippen LogP contribution >= 0.6 is 22.9 Å². The molecule has 0 fully saturated rings.